The van der Waals surface area contributed by atoms with Crippen molar-refractivity contribution in [2.75, 3.05) is 5.01 Å². The van der Waals surface area contributed by atoms with Crippen LogP contribution in [0.5, 0.6) is 0 Å². The molecular weight excluding hydrogens is 416 g/mol. The summed E-state index contributed by atoms with van der Waals surface area (Å²) in [5.74, 6) is -0.122. The number of aryl methyl sites for hydroxylation is 2. The highest BCUT2D eigenvalue weighted by Crippen LogP contribution is 2.38. The van der Waals surface area contributed by atoms with Gasteiger partial charge in [-0.15, -0.1) is 11.3 Å². The van der Waals surface area contributed by atoms with Crippen LogP contribution in [0.15, 0.2) is 47.1 Å². The number of carbonyl (C=O) groups excluding carboxylic acids is 1. The zero-order chi connectivity index (χ0) is 22.4. The molecule has 1 aliphatic heterocycles. The zero-order valence-corrected chi connectivity index (χ0v) is 19.3. The fourth-order valence-corrected chi connectivity index (χ4v) is 6.10. The van der Waals surface area contributed by atoms with E-state index in [1.165, 1.54) is 21.9 Å². The van der Waals surface area contributed by atoms with Crippen molar-refractivity contribution in [1.29, 1.82) is 5.26 Å². The van der Waals surface area contributed by atoms with Crippen LogP contribution >= 0.6 is 11.3 Å². The van der Waals surface area contributed by atoms with Gasteiger partial charge >= 0.3 is 0 Å². The molecule has 160 valence electrons. The standard InChI is InChI=1S/C26H24N4OS/c1-16-13-19(14-22-17(2)28-30(25(22)31)20-9-5-4-6-10-20)18(3)29(16)26-23(15-27)21-11-7-8-12-24(21)32-26/h4-6,9-10,13-14H,7-8,11-12H2,1-3H3. The molecule has 1 aromatic carbocycles. The smallest absolute Gasteiger partial charge is 0.280 e. The monoisotopic (exact) mass is 440 g/mol. The van der Waals surface area contributed by atoms with Crippen molar-refractivity contribution < 1.29 is 4.79 Å². The number of thiophene rings is 1. The van der Waals surface area contributed by atoms with Gasteiger partial charge in [0, 0.05) is 16.3 Å². The quantitative estimate of drug-likeness (QED) is 0.490. The van der Waals surface area contributed by atoms with E-state index in [9.17, 15) is 10.1 Å². The van der Waals surface area contributed by atoms with Crippen molar-refractivity contribution in [3.05, 3.63) is 74.9 Å². The third-order valence-corrected chi connectivity index (χ3v) is 7.58. The normalized spacial score (nSPS) is 16.9. The summed E-state index contributed by atoms with van der Waals surface area (Å²) >= 11 is 1.74. The summed E-state index contributed by atoms with van der Waals surface area (Å²) in [5, 5.41) is 16.9. The lowest BCUT2D eigenvalue weighted by atomic mass is 9.96. The van der Waals surface area contributed by atoms with Gasteiger partial charge in [0.1, 0.15) is 11.1 Å². The van der Waals surface area contributed by atoms with E-state index < -0.39 is 0 Å². The lowest BCUT2D eigenvalue weighted by Gasteiger charge is -2.11. The average Bonchev–Trinajstić information content (AvgIpc) is 3.40. The molecule has 2 aliphatic rings. The summed E-state index contributed by atoms with van der Waals surface area (Å²) in [6, 6.07) is 14.0. The van der Waals surface area contributed by atoms with Crippen LogP contribution in [0, 0.1) is 25.2 Å². The largest absolute Gasteiger partial charge is 0.308 e. The Morgan fingerprint density at radius 1 is 1.12 bits per heavy atom. The molecule has 2 aromatic heterocycles. The Hall–Kier alpha value is -3.43. The summed E-state index contributed by atoms with van der Waals surface area (Å²) in [4.78, 5) is 14.5. The second kappa shape index (κ2) is 7.92. The molecule has 0 bridgehead atoms. The molecule has 0 saturated heterocycles. The molecule has 6 heteroatoms. The molecule has 0 saturated carbocycles. The molecule has 0 atom stereocenters. The first-order chi connectivity index (χ1) is 15.5. The van der Waals surface area contributed by atoms with Gasteiger partial charge in [-0.25, -0.2) is 0 Å². The van der Waals surface area contributed by atoms with E-state index in [2.05, 4.69) is 35.7 Å². The first kappa shape index (κ1) is 20.5. The van der Waals surface area contributed by atoms with Gasteiger partial charge in [0.15, 0.2) is 0 Å². The molecule has 0 radical (unpaired) electrons. The van der Waals surface area contributed by atoms with E-state index in [0.29, 0.717) is 11.3 Å². The number of nitriles is 1. The van der Waals surface area contributed by atoms with Gasteiger partial charge in [0.2, 0.25) is 0 Å². The van der Waals surface area contributed by atoms with Gasteiger partial charge in [0.25, 0.3) is 5.91 Å². The van der Waals surface area contributed by atoms with Crippen LogP contribution in [0.4, 0.5) is 5.69 Å². The van der Waals surface area contributed by atoms with Gasteiger partial charge in [0.05, 0.1) is 22.5 Å². The third-order valence-electron chi connectivity index (χ3n) is 6.30. The fourth-order valence-electron chi connectivity index (χ4n) is 4.65. The second-order valence-electron chi connectivity index (χ2n) is 8.36. The number of amides is 1. The summed E-state index contributed by atoms with van der Waals surface area (Å²) in [6.07, 6.45) is 6.33. The molecule has 1 amide bonds. The topological polar surface area (TPSA) is 61.4 Å². The Balaban J connectivity index is 1.56. The Bertz CT molecular complexity index is 1330. The minimum absolute atomic E-state index is 0.122. The lowest BCUT2D eigenvalue weighted by Crippen LogP contribution is -2.21. The number of aromatic nitrogens is 1. The van der Waals surface area contributed by atoms with Crippen LogP contribution in [0.25, 0.3) is 11.1 Å². The maximum absolute atomic E-state index is 13.1. The van der Waals surface area contributed by atoms with E-state index in [1.807, 2.05) is 43.3 Å². The highest BCUT2D eigenvalue weighted by molar-refractivity contribution is 7.15. The van der Waals surface area contributed by atoms with Crippen molar-refractivity contribution in [3.63, 3.8) is 0 Å². The van der Waals surface area contributed by atoms with Crippen LogP contribution in [0.1, 0.15) is 52.7 Å². The lowest BCUT2D eigenvalue weighted by molar-refractivity contribution is -0.114. The Morgan fingerprint density at radius 2 is 1.88 bits per heavy atom. The van der Waals surface area contributed by atoms with Crippen molar-refractivity contribution in [2.45, 2.75) is 46.5 Å². The van der Waals surface area contributed by atoms with E-state index >= 15 is 0 Å². The number of carbonyl (C=O) groups is 1. The van der Waals surface area contributed by atoms with Crippen molar-refractivity contribution in [3.8, 4) is 11.1 Å². The van der Waals surface area contributed by atoms with Crippen LogP contribution in [0.3, 0.4) is 0 Å². The summed E-state index contributed by atoms with van der Waals surface area (Å²) < 4.78 is 2.18. The Morgan fingerprint density at radius 3 is 2.62 bits per heavy atom. The van der Waals surface area contributed by atoms with Gasteiger partial charge in [-0.2, -0.15) is 15.4 Å². The van der Waals surface area contributed by atoms with Gasteiger partial charge in [-0.05, 0) is 81.9 Å². The molecule has 0 unspecified atom stereocenters. The first-order valence-corrected chi connectivity index (χ1v) is 11.7. The molecule has 0 N–H and O–H groups in total. The molecule has 5 nitrogen and oxygen atoms in total. The van der Waals surface area contributed by atoms with Crippen LogP contribution in [-0.2, 0) is 17.6 Å². The minimum Gasteiger partial charge on any atom is -0.308 e. The van der Waals surface area contributed by atoms with Crippen LogP contribution in [-0.4, -0.2) is 16.2 Å². The maximum Gasteiger partial charge on any atom is 0.280 e. The molecule has 3 aromatic rings. The van der Waals surface area contributed by atoms with Gasteiger partial charge in [-0.3, -0.25) is 4.79 Å². The zero-order valence-electron chi connectivity index (χ0n) is 18.5. The minimum atomic E-state index is -0.122. The number of hydrogen-bond donors (Lipinski definition) is 0. The summed E-state index contributed by atoms with van der Waals surface area (Å²) in [6.45, 7) is 5.98. The predicted molar refractivity (Wildman–Crippen MR) is 129 cm³/mol. The number of nitrogens with zero attached hydrogens (tertiary/aromatic N) is 4. The number of anilines is 1. The van der Waals surface area contributed by atoms with Crippen molar-refractivity contribution >= 4 is 34.7 Å². The van der Waals surface area contributed by atoms with Gasteiger partial charge < -0.3 is 4.57 Å². The van der Waals surface area contributed by atoms with Crippen LogP contribution < -0.4 is 5.01 Å². The molecule has 0 fully saturated rings. The summed E-state index contributed by atoms with van der Waals surface area (Å²) in [5.41, 5.74) is 7.18. The van der Waals surface area contributed by atoms with Crippen molar-refractivity contribution in [2.24, 2.45) is 5.10 Å². The fraction of sp³-hybridized carbons (Fsp3) is 0.269. The molecule has 32 heavy (non-hydrogen) atoms. The number of hydrogen-bond acceptors (Lipinski definition) is 4. The molecule has 3 heterocycles. The third kappa shape index (κ3) is 3.21. The number of hydrazone groups is 1. The van der Waals surface area contributed by atoms with Gasteiger partial charge in [-0.1, -0.05) is 18.2 Å². The number of rotatable bonds is 3. The SMILES string of the molecule is CC1=NN(c2ccccc2)C(=O)C1=Cc1cc(C)n(-c2sc3c(c2C#N)CCCC3)c1C. The Labute approximate surface area is 191 Å². The van der Waals surface area contributed by atoms with Crippen LogP contribution in [0.2, 0.25) is 0 Å². The average molecular weight is 441 g/mol. The molecular formula is C26H24N4OS. The number of para-hydroxylation sites is 1. The highest BCUT2D eigenvalue weighted by atomic mass is 32.1. The molecule has 5 rings (SSSR count). The van der Waals surface area contributed by atoms with E-state index in [0.717, 1.165) is 52.5 Å². The van der Waals surface area contributed by atoms with Crippen molar-refractivity contribution in [1.82, 2.24) is 4.57 Å². The maximum atomic E-state index is 13.1. The molecule has 1 aliphatic carbocycles. The van der Waals surface area contributed by atoms with E-state index in [-0.39, 0.29) is 5.91 Å². The van der Waals surface area contributed by atoms with E-state index in [4.69, 9.17) is 0 Å². The summed E-state index contributed by atoms with van der Waals surface area (Å²) in [7, 11) is 0. The predicted octanol–water partition coefficient (Wildman–Crippen LogP) is 5.71. The first-order valence-electron chi connectivity index (χ1n) is 10.9. The molecule has 0 spiro atoms. The number of benzene rings is 1. The highest BCUT2D eigenvalue weighted by Gasteiger charge is 2.29. The van der Waals surface area contributed by atoms with E-state index in [1.54, 1.807) is 11.3 Å². The number of fused-ring (bicyclic) bond motifs is 1. The Kier molecular flexibility index (Phi) is 5.07. The second-order valence-corrected chi connectivity index (χ2v) is 9.44.